The fourth-order valence-electron chi connectivity index (χ4n) is 3.71. The zero-order valence-corrected chi connectivity index (χ0v) is 15.3. The third-order valence-electron chi connectivity index (χ3n) is 5.14. The van der Waals surface area contributed by atoms with Crippen LogP contribution in [0.4, 0.5) is 0 Å². The summed E-state index contributed by atoms with van der Waals surface area (Å²) in [4.78, 5) is 30.2. The highest BCUT2D eigenvalue weighted by Gasteiger charge is 2.47. The Bertz CT molecular complexity index is 624. The molecule has 7 nitrogen and oxygen atoms in total. The first-order valence-corrected chi connectivity index (χ1v) is 9.10. The number of aromatic nitrogens is 2. The second-order valence-electron chi connectivity index (χ2n) is 7.68. The minimum Gasteiger partial charge on any atom is -0.370 e. The third-order valence-corrected chi connectivity index (χ3v) is 5.14. The predicted molar refractivity (Wildman–Crippen MR) is 93.0 cm³/mol. The number of hydrogen-bond donors (Lipinski definition) is 1. The molecule has 2 amide bonds. The molecule has 0 bridgehead atoms. The van der Waals surface area contributed by atoms with Gasteiger partial charge in [-0.05, 0) is 18.8 Å². The molecule has 0 aromatic carbocycles. The summed E-state index contributed by atoms with van der Waals surface area (Å²) in [5.41, 5.74) is -0.0901. The first-order chi connectivity index (χ1) is 11.9. The molecule has 0 aliphatic carbocycles. The van der Waals surface area contributed by atoms with Crippen molar-refractivity contribution in [2.45, 2.75) is 51.2 Å². The van der Waals surface area contributed by atoms with E-state index in [0.29, 0.717) is 24.7 Å². The van der Waals surface area contributed by atoms with Crippen LogP contribution in [0.5, 0.6) is 0 Å². The molecular weight excluding hydrogens is 320 g/mol. The number of hydrogen-bond acceptors (Lipinski definition) is 4. The Labute approximate surface area is 148 Å². The van der Waals surface area contributed by atoms with Crippen molar-refractivity contribution < 1.29 is 14.3 Å². The van der Waals surface area contributed by atoms with E-state index in [0.717, 1.165) is 32.4 Å². The van der Waals surface area contributed by atoms with E-state index in [9.17, 15) is 9.59 Å². The molecule has 3 heterocycles. The maximum atomic E-state index is 12.1. The van der Waals surface area contributed by atoms with Gasteiger partial charge in [0.2, 0.25) is 5.91 Å². The summed E-state index contributed by atoms with van der Waals surface area (Å²) >= 11 is 0. The Hall–Kier alpha value is -1.89. The molecule has 2 aliphatic rings. The fraction of sp³-hybridized carbons (Fsp3) is 0.722. The maximum Gasteiger partial charge on any atom is 0.287 e. The summed E-state index contributed by atoms with van der Waals surface area (Å²) in [5, 5.41) is 2.89. The highest BCUT2D eigenvalue weighted by molar-refractivity contribution is 5.90. The predicted octanol–water partition coefficient (Wildman–Crippen LogP) is 1.35. The normalized spacial score (nSPS) is 22.1. The molecule has 1 spiro atoms. The van der Waals surface area contributed by atoms with Crippen molar-refractivity contribution >= 4 is 11.8 Å². The molecule has 138 valence electrons. The van der Waals surface area contributed by atoms with E-state index in [2.05, 4.69) is 24.1 Å². The van der Waals surface area contributed by atoms with Crippen LogP contribution in [-0.2, 0) is 16.6 Å². The Morgan fingerprint density at radius 1 is 1.40 bits per heavy atom. The molecule has 0 radical (unpaired) electrons. The number of imidazole rings is 1. The summed E-state index contributed by atoms with van der Waals surface area (Å²) in [6.07, 6.45) is 6.76. The topological polar surface area (TPSA) is 76.5 Å². The number of amides is 2. The molecule has 2 aliphatic heterocycles. The van der Waals surface area contributed by atoms with E-state index in [1.165, 1.54) is 0 Å². The third kappa shape index (κ3) is 4.03. The van der Waals surface area contributed by atoms with Gasteiger partial charge < -0.3 is 19.5 Å². The van der Waals surface area contributed by atoms with Crippen LogP contribution in [0.25, 0.3) is 0 Å². The fourth-order valence-corrected chi connectivity index (χ4v) is 3.71. The lowest BCUT2D eigenvalue weighted by molar-refractivity contribution is -0.222. The number of carbonyl (C=O) groups is 2. The number of aryl methyl sites for hydroxylation is 1. The zero-order valence-electron chi connectivity index (χ0n) is 15.3. The van der Waals surface area contributed by atoms with Gasteiger partial charge in [-0.1, -0.05) is 13.8 Å². The number of nitrogens with zero attached hydrogens (tertiary/aromatic N) is 3. The van der Waals surface area contributed by atoms with Crippen LogP contribution in [0, 0.1) is 5.92 Å². The summed E-state index contributed by atoms with van der Waals surface area (Å²) in [7, 11) is 1.80. The van der Waals surface area contributed by atoms with E-state index < -0.39 is 0 Å². The lowest BCUT2D eigenvalue weighted by Gasteiger charge is -2.52. The molecule has 1 atom stereocenters. The van der Waals surface area contributed by atoms with Gasteiger partial charge in [-0.15, -0.1) is 0 Å². The van der Waals surface area contributed by atoms with Crippen molar-refractivity contribution in [3.63, 3.8) is 0 Å². The van der Waals surface area contributed by atoms with Crippen LogP contribution >= 0.6 is 0 Å². The Morgan fingerprint density at radius 2 is 2.08 bits per heavy atom. The molecule has 2 fully saturated rings. The average molecular weight is 348 g/mol. The van der Waals surface area contributed by atoms with E-state index in [4.69, 9.17) is 4.74 Å². The van der Waals surface area contributed by atoms with Crippen LogP contribution in [0.15, 0.2) is 12.4 Å². The van der Waals surface area contributed by atoms with Gasteiger partial charge in [0.15, 0.2) is 5.82 Å². The van der Waals surface area contributed by atoms with Crippen molar-refractivity contribution in [1.82, 2.24) is 19.8 Å². The Balaban J connectivity index is 1.39. The molecule has 7 heteroatoms. The van der Waals surface area contributed by atoms with E-state index in [1.807, 2.05) is 4.90 Å². The van der Waals surface area contributed by atoms with Crippen LogP contribution < -0.4 is 5.32 Å². The molecule has 0 unspecified atom stereocenters. The Morgan fingerprint density at radius 3 is 2.64 bits per heavy atom. The second kappa shape index (κ2) is 7.15. The van der Waals surface area contributed by atoms with Gasteiger partial charge in [-0.25, -0.2) is 4.98 Å². The molecule has 3 rings (SSSR count). The number of ether oxygens (including phenoxy) is 1. The van der Waals surface area contributed by atoms with Crippen molar-refractivity contribution in [3.8, 4) is 0 Å². The van der Waals surface area contributed by atoms with Gasteiger partial charge in [-0.2, -0.15) is 0 Å². The number of piperidine rings is 1. The smallest absolute Gasteiger partial charge is 0.287 e. The molecule has 1 N–H and O–H groups in total. The number of rotatable bonds is 5. The summed E-state index contributed by atoms with van der Waals surface area (Å²) in [5.74, 6) is 0.885. The first kappa shape index (κ1) is 17.9. The Kier molecular flexibility index (Phi) is 5.13. The zero-order chi connectivity index (χ0) is 18.0. The van der Waals surface area contributed by atoms with Crippen molar-refractivity contribution in [2.75, 3.05) is 19.6 Å². The lowest BCUT2D eigenvalue weighted by atomic mass is 9.80. The minimum absolute atomic E-state index is 0.0575. The van der Waals surface area contributed by atoms with E-state index >= 15 is 0 Å². The SMILES string of the molecule is CC(C)CC(=O)N1CCC2(CC1)C[C@H](CNC(=O)c1nccn1C)O2. The standard InChI is InChI=1S/C18H28N4O3/c1-13(2)10-15(23)22-7-4-18(5-8-22)11-14(25-18)12-20-17(24)16-19-6-9-21(16)3/h6,9,13-14H,4-5,7-8,10-12H2,1-3H3,(H,20,24)/t14-/m1/s1. The monoisotopic (exact) mass is 348 g/mol. The molecule has 0 saturated carbocycles. The van der Waals surface area contributed by atoms with Crippen LogP contribution in [0.1, 0.15) is 50.1 Å². The van der Waals surface area contributed by atoms with Gasteiger partial charge in [0, 0.05) is 51.9 Å². The second-order valence-corrected chi connectivity index (χ2v) is 7.68. The maximum absolute atomic E-state index is 12.1. The van der Waals surface area contributed by atoms with Crippen molar-refractivity contribution in [3.05, 3.63) is 18.2 Å². The van der Waals surface area contributed by atoms with Crippen LogP contribution in [0.3, 0.4) is 0 Å². The number of carbonyl (C=O) groups excluding carboxylic acids is 2. The molecule has 1 aromatic heterocycles. The van der Waals surface area contributed by atoms with E-state index in [-0.39, 0.29) is 23.5 Å². The summed E-state index contributed by atoms with van der Waals surface area (Å²) in [6.45, 7) is 6.20. The molecule has 1 aromatic rings. The molecule has 2 saturated heterocycles. The van der Waals surface area contributed by atoms with Gasteiger partial charge in [-0.3, -0.25) is 9.59 Å². The molecule has 25 heavy (non-hydrogen) atoms. The van der Waals surface area contributed by atoms with Crippen molar-refractivity contribution in [1.29, 1.82) is 0 Å². The quantitative estimate of drug-likeness (QED) is 0.871. The summed E-state index contributed by atoms with van der Waals surface area (Å²) < 4.78 is 7.79. The van der Waals surface area contributed by atoms with Gasteiger partial charge in [0.05, 0.1) is 11.7 Å². The average Bonchev–Trinajstić information content (AvgIpc) is 2.96. The van der Waals surface area contributed by atoms with Crippen molar-refractivity contribution in [2.24, 2.45) is 13.0 Å². The van der Waals surface area contributed by atoms with Gasteiger partial charge in [0.1, 0.15) is 0 Å². The highest BCUT2D eigenvalue weighted by Crippen LogP contribution is 2.41. The number of likely N-dealkylation sites (tertiary alicyclic amines) is 1. The van der Waals surface area contributed by atoms with Gasteiger partial charge in [0.25, 0.3) is 5.91 Å². The minimum atomic E-state index is -0.175. The first-order valence-electron chi connectivity index (χ1n) is 9.10. The summed E-state index contributed by atoms with van der Waals surface area (Å²) in [6, 6.07) is 0. The largest absolute Gasteiger partial charge is 0.370 e. The van der Waals surface area contributed by atoms with Gasteiger partial charge >= 0.3 is 0 Å². The van der Waals surface area contributed by atoms with E-state index in [1.54, 1.807) is 24.0 Å². The van der Waals surface area contributed by atoms with Crippen LogP contribution in [-0.4, -0.2) is 57.6 Å². The highest BCUT2D eigenvalue weighted by atomic mass is 16.5. The number of nitrogens with one attached hydrogen (secondary N) is 1. The van der Waals surface area contributed by atoms with Crippen LogP contribution in [0.2, 0.25) is 0 Å². The lowest BCUT2D eigenvalue weighted by Crippen LogP contribution is -2.59. The molecular formula is C18H28N4O3.